The third kappa shape index (κ3) is 2.45. The summed E-state index contributed by atoms with van der Waals surface area (Å²) in [5.41, 5.74) is 5.23. The highest BCUT2D eigenvalue weighted by molar-refractivity contribution is 5.41. The SMILES string of the molecule is CC/C=[C]\c1c(C)cc(C)cc1C. The van der Waals surface area contributed by atoms with Crippen molar-refractivity contribution in [1.29, 1.82) is 0 Å². The lowest BCUT2D eigenvalue weighted by Crippen LogP contribution is -1.89. The van der Waals surface area contributed by atoms with Gasteiger partial charge in [0.25, 0.3) is 0 Å². The molecule has 0 aliphatic heterocycles. The normalized spacial score (nSPS) is 11.1. The molecular formula is C13H17. The molecule has 0 nitrogen and oxygen atoms in total. The molecule has 0 amide bonds. The van der Waals surface area contributed by atoms with Crippen LogP contribution in [0.1, 0.15) is 35.6 Å². The topological polar surface area (TPSA) is 0 Å². The molecule has 0 fully saturated rings. The first-order valence-electron chi connectivity index (χ1n) is 4.81. The Balaban J connectivity index is 3.13. The van der Waals surface area contributed by atoms with Gasteiger partial charge < -0.3 is 0 Å². The fourth-order valence-corrected chi connectivity index (χ4v) is 1.61. The molecule has 1 aromatic rings. The first kappa shape index (κ1) is 10.0. The van der Waals surface area contributed by atoms with Gasteiger partial charge in [0.1, 0.15) is 0 Å². The van der Waals surface area contributed by atoms with Crippen molar-refractivity contribution in [3.63, 3.8) is 0 Å². The highest BCUT2D eigenvalue weighted by atomic mass is 14.0. The van der Waals surface area contributed by atoms with Crippen molar-refractivity contribution in [2.24, 2.45) is 0 Å². The van der Waals surface area contributed by atoms with Gasteiger partial charge in [0, 0.05) is 0 Å². The molecule has 69 valence electrons. The van der Waals surface area contributed by atoms with Crippen LogP contribution in [0.25, 0.3) is 0 Å². The van der Waals surface area contributed by atoms with E-state index in [0.717, 1.165) is 6.42 Å². The summed E-state index contributed by atoms with van der Waals surface area (Å²) in [6, 6.07) is 4.41. The maximum Gasteiger partial charge on any atom is -0.0122 e. The highest BCUT2D eigenvalue weighted by Crippen LogP contribution is 2.16. The molecule has 0 aliphatic carbocycles. The van der Waals surface area contributed by atoms with E-state index in [1.54, 1.807) is 0 Å². The van der Waals surface area contributed by atoms with Crippen LogP contribution in [0.15, 0.2) is 18.2 Å². The summed E-state index contributed by atoms with van der Waals surface area (Å²) in [6.45, 7) is 8.55. The zero-order valence-corrected chi connectivity index (χ0v) is 8.94. The molecule has 0 saturated heterocycles. The number of hydrogen-bond donors (Lipinski definition) is 0. The average Bonchev–Trinajstić information content (AvgIpc) is 2.02. The maximum atomic E-state index is 3.33. The van der Waals surface area contributed by atoms with Gasteiger partial charge in [0.05, 0.1) is 0 Å². The van der Waals surface area contributed by atoms with Crippen LogP contribution in [0.2, 0.25) is 0 Å². The van der Waals surface area contributed by atoms with E-state index in [0.29, 0.717) is 0 Å². The molecule has 13 heavy (non-hydrogen) atoms. The summed E-state index contributed by atoms with van der Waals surface area (Å²) >= 11 is 0. The summed E-state index contributed by atoms with van der Waals surface area (Å²) in [4.78, 5) is 0. The van der Waals surface area contributed by atoms with Crippen LogP contribution in [0.4, 0.5) is 0 Å². The van der Waals surface area contributed by atoms with Crippen LogP contribution < -0.4 is 0 Å². The van der Waals surface area contributed by atoms with Crippen LogP contribution >= 0.6 is 0 Å². The van der Waals surface area contributed by atoms with Crippen LogP contribution in [0.5, 0.6) is 0 Å². The van der Waals surface area contributed by atoms with Crippen molar-refractivity contribution in [1.82, 2.24) is 0 Å². The van der Waals surface area contributed by atoms with Crippen molar-refractivity contribution in [3.05, 3.63) is 46.5 Å². The van der Waals surface area contributed by atoms with Gasteiger partial charge in [-0.05, 0) is 50.0 Å². The quantitative estimate of drug-likeness (QED) is 0.639. The minimum Gasteiger partial charge on any atom is -0.0763 e. The largest absolute Gasteiger partial charge is 0.0763 e. The average molecular weight is 173 g/mol. The molecule has 0 aromatic heterocycles. The number of benzene rings is 1. The summed E-state index contributed by atoms with van der Waals surface area (Å²) in [5.74, 6) is 0. The van der Waals surface area contributed by atoms with Gasteiger partial charge in [0.15, 0.2) is 0 Å². The number of hydrogen-bond acceptors (Lipinski definition) is 0. The fourth-order valence-electron chi connectivity index (χ4n) is 1.61. The van der Waals surface area contributed by atoms with Crippen molar-refractivity contribution in [3.8, 4) is 0 Å². The lowest BCUT2D eigenvalue weighted by atomic mass is 9.99. The smallest absolute Gasteiger partial charge is 0.0122 e. The van der Waals surface area contributed by atoms with E-state index in [4.69, 9.17) is 0 Å². The first-order valence-corrected chi connectivity index (χ1v) is 4.81. The van der Waals surface area contributed by atoms with Gasteiger partial charge in [-0.15, -0.1) is 0 Å². The predicted octanol–water partition coefficient (Wildman–Crippen LogP) is 3.73. The van der Waals surface area contributed by atoms with E-state index in [2.05, 4.69) is 52.0 Å². The second-order valence-corrected chi connectivity index (χ2v) is 3.53. The second-order valence-electron chi connectivity index (χ2n) is 3.53. The Bertz CT molecular complexity index is 296. The van der Waals surface area contributed by atoms with E-state index in [9.17, 15) is 0 Å². The summed E-state index contributed by atoms with van der Waals surface area (Å²) in [7, 11) is 0. The van der Waals surface area contributed by atoms with Crippen LogP contribution in [0, 0.1) is 26.8 Å². The van der Waals surface area contributed by atoms with Crippen molar-refractivity contribution >= 4 is 0 Å². The van der Waals surface area contributed by atoms with E-state index >= 15 is 0 Å². The number of rotatable bonds is 2. The van der Waals surface area contributed by atoms with Crippen LogP contribution in [-0.2, 0) is 0 Å². The summed E-state index contributed by atoms with van der Waals surface area (Å²) < 4.78 is 0. The number of aryl methyl sites for hydroxylation is 3. The lowest BCUT2D eigenvalue weighted by Gasteiger charge is -2.06. The Labute approximate surface area is 81.3 Å². The zero-order valence-electron chi connectivity index (χ0n) is 8.94. The Morgan fingerprint density at radius 3 is 2.15 bits per heavy atom. The highest BCUT2D eigenvalue weighted by Gasteiger charge is 1.99. The first-order chi connectivity index (χ1) is 6.15. The Hall–Kier alpha value is -1.04. The number of allylic oxidation sites excluding steroid dienone is 1. The molecular weight excluding hydrogens is 156 g/mol. The molecule has 0 bridgehead atoms. The van der Waals surface area contributed by atoms with Gasteiger partial charge in [-0.25, -0.2) is 0 Å². The molecule has 1 radical (unpaired) electrons. The lowest BCUT2D eigenvalue weighted by molar-refractivity contribution is 1.20. The Morgan fingerprint density at radius 2 is 1.69 bits per heavy atom. The predicted molar refractivity (Wildman–Crippen MR) is 57.9 cm³/mol. The van der Waals surface area contributed by atoms with Gasteiger partial charge in [0.2, 0.25) is 0 Å². The van der Waals surface area contributed by atoms with Gasteiger partial charge in [-0.3, -0.25) is 0 Å². The van der Waals surface area contributed by atoms with E-state index < -0.39 is 0 Å². The summed E-state index contributed by atoms with van der Waals surface area (Å²) in [5, 5.41) is 0. The Morgan fingerprint density at radius 1 is 1.15 bits per heavy atom. The maximum absolute atomic E-state index is 3.33. The van der Waals surface area contributed by atoms with Gasteiger partial charge in [-0.1, -0.05) is 30.7 Å². The standard InChI is InChI=1S/C13H17/c1-5-6-7-13-11(3)8-10(2)9-12(13)4/h6,8-9H,5H2,1-4H3. The minimum absolute atomic E-state index is 1.05. The molecule has 0 unspecified atom stereocenters. The third-order valence-corrected chi connectivity index (χ3v) is 2.13. The Kier molecular flexibility index (Phi) is 3.30. The van der Waals surface area contributed by atoms with Gasteiger partial charge >= 0.3 is 0 Å². The van der Waals surface area contributed by atoms with Crippen molar-refractivity contribution < 1.29 is 0 Å². The molecule has 0 heterocycles. The fraction of sp³-hybridized carbons (Fsp3) is 0.385. The van der Waals surface area contributed by atoms with E-state index in [-0.39, 0.29) is 0 Å². The molecule has 0 N–H and O–H groups in total. The van der Waals surface area contributed by atoms with E-state index in [1.807, 2.05) is 0 Å². The van der Waals surface area contributed by atoms with E-state index in [1.165, 1.54) is 22.3 Å². The third-order valence-electron chi connectivity index (χ3n) is 2.13. The minimum atomic E-state index is 1.05. The molecule has 0 aliphatic rings. The van der Waals surface area contributed by atoms with Crippen LogP contribution in [-0.4, -0.2) is 0 Å². The summed E-state index contributed by atoms with van der Waals surface area (Å²) in [6.07, 6.45) is 6.47. The molecule has 0 spiro atoms. The molecule has 1 aromatic carbocycles. The molecule has 1 rings (SSSR count). The molecule has 0 saturated carbocycles. The van der Waals surface area contributed by atoms with Crippen molar-refractivity contribution in [2.45, 2.75) is 34.1 Å². The van der Waals surface area contributed by atoms with Gasteiger partial charge in [-0.2, -0.15) is 0 Å². The molecule has 0 atom stereocenters. The zero-order chi connectivity index (χ0) is 9.84. The monoisotopic (exact) mass is 173 g/mol. The van der Waals surface area contributed by atoms with Crippen LogP contribution in [0.3, 0.4) is 0 Å². The second kappa shape index (κ2) is 4.27. The van der Waals surface area contributed by atoms with Crippen molar-refractivity contribution in [2.75, 3.05) is 0 Å². The molecule has 0 heteroatoms.